The number of fused-ring (bicyclic) bond motifs is 2. The average Bonchev–Trinajstić information content (AvgIpc) is 3.09. The molecule has 0 saturated heterocycles. The Kier molecular flexibility index (Phi) is 4.20. The molecule has 0 unspecified atom stereocenters. The fraction of sp³-hybridized carbons (Fsp3) is 0.182. The Morgan fingerprint density at radius 2 is 1.76 bits per heavy atom. The van der Waals surface area contributed by atoms with Gasteiger partial charge in [0.15, 0.2) is 5.65 Å². The van der Waals surface area contributed by atoms with Gasteiger partial charge in [0.05, 0.1) is 24.0 Å². The lowest BCUT2D eigenvalue weighted by Crippen LogP contribution is -2.05. The Morgan fingerprint density at radius 1 is 0.897 bits per heavy atom. The highest BCUT2D eigenvalue weighted by Gasteiger charge is 2.11. The molecule has 0 aliphatic carbocycles. The van der Waals surface area contributed by atoms with Crippen LogP contribution >= 0.6 is 0 Å². The van der Waals surface area contributed by atoms with E-state index in [1.165, 1.54) is 5.56 Å². The molecule has 7 nitrogen and oxygen atoms in total. The second-order valence-corrected chi connectivity index (χ2v) is 7.22. The zero-order valence-electron chi connectivity index (χ0n) is 16.2. The van der Waals surface area contributed by atoms with Gasteiger partial charge in [-0.15, -0.1) is 5.10 Å². The van der Waals surface area contributed by atoms with E-state index in [4.69, 9.17) is 4.98 Å². The first-order valence-electron chi connectivity index (χ1n) is 9.47. The highest BCUT2D eigenvalue weighted by atomic mass is 15.4. The smallest absolute Gasteiger partial charge is 0.221 e. The summed E-state index contributed by atoms with van der Waals surface area (Å²) in [5.74, 6) is 0. The number of benzene rings is 1. The number of aryl methyl sites for hydroxylation is 2. The van der Waals surface area contributed by atoms with Crippen LogP contribution in [0, 0.1) is 13.8 Å². The normalized spacial score (nSPS) is 11.4. The SMILES string of the molecule is Cc1cc(Cc2cnc3nnn(Cc4ccc5ncccc5c4)c3n2)cc(C)n1. The summed E-state index contributed by atoms with van der Waals surface area (Å²) in [5.41, 5.74) is 7.40. The van der Waals surface area contributed by atoms with E-state index in [0.29, 0.717) is 24.3 Å². The molecule has 0 atom stereocenters. The molecule has 0 spiro atoms. The van der Waals surface area contributed by atoms with Gasteiger partial charge >= 0.3 is 0 Å². The van der Waals surface area contributed by atoms with Crippen LogP contribution in [0.4, 0.5) is 0 Å². The van der Waals surface area contributed by atoms with E-state index in [-0.39, 0.29) is 0 Å². The van der Waals surface area contributed by atoms with E-state index in [9.17, 15) is 0 Å². The third-order valence-electron chi connectivity index (χ3n) is 4.80. The van der Waals surface area contributed by atoms with E-state index in [1.807, 2.05) is 26.0 Å². The molecule has 4 aromatic heterocycles. The largest absolute Gasteiger partial charge is 0.258 e. The third kappa shape index (κ3) is 3.54. The fourth-order valence-electron chi connectivity index (χ4n) is 3.61. The van der Waals surface area contributed by atoms with Gasteiger partial charge in [0, 0.05) is 29.4 Å². The van der Waals surface area contributed by atoms with Crippen molar-refractivity contribution in [1.82, 2.24) is 34.9 Å². The van der Waals surface area contributed by atoms with Crippen molar-refractivity contribution < 1.29 is 0 Å². The van der Waals surface area contributed by atoms with Crippen LogP contribution in [0.1, 0.15) is 28.2 Å². The maximum Gasteiger partial charge on any atom is 0.221 e. The Morgan fingerprint density at radius 3 is 2.62 bits per heavy atom. The summed E-state index contributed by atoms with van der Waals surface area (Å²) in [6, 6.07) is 14.4. The Labute approximate surface area is 167 Å². The van der Waals surface area contributed by atoms with Gasteiger partial charge in [0.25, 0.3) is 0 Å². The third-order valence-corrected chi connectivity index (χ3v) is 4.80. The minimum atomic E-state index is 0.554. The van der Waals surface area contributed by atoms with Crippen LogP contribution in [0.25, 0.3) is 22.2 Å². The predicted molar refractivity (Wildman–Crippen MR) is 110 cm³/mol. The van der Waals surface area contributed by atoms with Gasteiger partial charge in [-0.3, -0.25) is 9.97 Å². The number of rotatable bonds is 4. The molecule has 142 valence electrons. The van der Waals surface area contributed by atoms with E-state index in [0.717, 1.165) is 33.5 Å². The lowest BCUT2D eigenvalue weighted by Gasteiger charge is -2.06. The number of pyridine rings is 2. The van der Waals surface area contributed by atoms with Gasteiger partial charge in [-0.25, -0.2) is 14.6 Å². The topological polar surface area (TPSA) is 82.3 Å². The van der Waals surface area contributed by atoms with Crippen LogP contribution < -0.4 is 0 Å². The molecule has 4 heterocycles. The summed E-state index contributed by atoms with van der Waals surface area (Å²) in [4.78, 5) is 18.0. The molecule has 5 rings (SSSR count). The number of aromatic nitrogens is 7. The molecule has 0 aliphatic rings. The number of hydrogen-bond donors (Lipinski definition) is 0. The molecule has 1 aromatic carbocycles. The summed E-state index contributed by atoms with van der Waals surface area (Å²) in [6.07, 6.45) is 4.27. The predicted octanol–water partition coefficient (Wildman–Crippen LogP) is 3.42. The highest BCUT2D eigenvalue weighted by molar-refractivity contribution is 5.79. The first-order valence-corrected chi connectivity index (χ1v) is 9.47. The van der Waals surface area contributed by atoms with Gasteiger partial charge in [-0.05, 0) is 55.3 Å². The molecule has 0 radical (unpaired) electrons. The Balaban J connectivity index is 1.47. The standard InChI is InChI=1S/C22H19N7/c1-14-8-17(9-15(2)25-14)11-19-12-24-21-22(26-19)29(28-27-21)13-16-5-6-20-18(10-16)4-3-7-23-20/h3-10,12H,11,13H2,1-2H3. The van der Waals surface area contributed by atoms with Crippen molar-refractivity contribution in [3.05, 3.63) is 83.1 Å². The van der Waals surface area contributed by atoms with Crippen LogP contribution in [0.2, 0.25) is 0 Å². The van der Waals surface area contributed by atoms with Crippen LogP contribution in [0.3, 0.4) is 0 Å². The first-order chi connectivity index (χ1) is 14.1. The van der Waals surface area contributed by atoms with Crippen molar-refractivity contribution >= 4 is 22.2 Å². The summed E-state index contributed by atoms with van der Waals surface area (Å²) in [7, 11) is 0. The Hall–Kier alpha value is -3.74. The summed E-state index contributed by atoms with van der Waals surface area (Å²) in [5, 5.41) is 9.54. The molecule has 7 heteroatoms. The van der Waals surface area contributed by atoms with Gasteiger partial charge in [-0.2, -0.15) is 0 Å². The van der Waals surface area contributed by atoms with Crippen LogP contribution in [-0.4, -0.2) is 34.9 Å². The molecule has 29 heavy (non-hydrogen) atoms. The molecule has 0 amide bonds. The van der Waals surface area contributed by atoms with Gasteiger partial charge < -0.3 is 0 Å². The molecule has 0 bridgehead atoms. The van der Waals surface area contributed by atoms with Gasteiger partial charge in [0.1, 0.15) is 0 Å². The van der Waals surface area contributed by atoms with E-state index < -0.39 is 0 Å². The van der Waals surface area contributed by atoms with Crippen molar-refractivity contribution in [3.8, 4) is 0 Å². The highest BCUT2D eigenvalue weighted by Crippen LogP contribution is 2.16. The van der Waals surface area contributed by atoms with Gasteiger partial charge in [-0.1, -0.05) is 17.3 Å². The minimum Gasteiger partial charge on any atom is -0.258 e. The van der Waals surface area contributed by atoms with Crippen LogP contribution in [0.15, 0.2) is 54.9 Å². The van der Waals surface area contributed by atoms with Gasteiger partial charge in [0.2, 0.25) is 5.65 Å². The zero-order valence-corrected chi connectivity index (χ0v) is 16.2. The Bertz CT molecular complexity index is 1320. The van der Waals surface area contributed by atoms with Crippen molar-refractivity contribution in [2.24, 2.45) is 0 Å². The second kappa shape index (κ2) is 7.01. The van der Waals surface area contributed by atoms with Crippen molar-refractivity contribution in [2.75, 3.05) is 0 Å². The summed E-state index contributed by atoms with van der Waals surface area (Å²) < 4.78 is 1.80. The molecule has 0 N–H and O–H groups in total. The fourth-order valence-corrected chi connectivity index (χ4v) is 3.61. The second-order valence-electron chi connectivity index (χ2n) is 7.22. The van der Waals surface area contributed by atoms with Crippen LogP contribution in [0.5, 0.6) is 0 Å². The lowest BCUT2D eigenvalue weighted by atomic mass is 10.1. The van der Waals surface area contributed by atoms with Crippen molar-refractivity contribution in [2.45, 2.75) is 26.8 Å². The van der Waals surface area contributed by atoms with Crippen molar-refractivity contribution in [3.63, 3.8) is 0 Å². The molecular formula is C22H19N7. The maximum absolute atomic E-state index is 4.79. The molecule has 0 aliphatic heterocycles. The first kappa shape index (κ1) is 17.4. The maximum atomic E-state index is 4.79. The minimum absolute atomic E-state index is 0.554. The number of nitrogens with zero attached hydrogens (tertiary/aromatic N) is 7. The monoisotopic (exact) mass is 381 g/mol. The van der Waals surface area contributed by atoms with Crippen LogP contribution in [-0.2, 0) is 13.0 Å². The van der Waals surface area contributed by atoms with E-state index in [1.54, 1.807) is 17.1 Å². The van der Waals surface area contributed by atoms with Crippen molar-refractivity contribution in [1.29, 1.82) is 0 Å². The zero-order chi connectivity index (χ0) is 19.8. The molecule has 5 aromatic rings. The summed E-state index contributed by atoms with van der Waals surface area (Å²) >= 11 is 0. The quantitative estimate of drug-likeness (QED) is 0.474. The molecule has 0 saturated carbocycles. The average molecular weight is 381 g/mol. The summed E-state index contributed by atoms with van der Waals surface area (Å²) in [6.45, 7) is 4.58. The molecular weight excluding hydrogens is 362 g/mol. The van der Waals surface area contributed by atoms with E-state index >= 15 is 0 Å². The number of hydrogen-bond acceptors (Lipinski definition) is 6. The lowest BCUT2D eigenvalue weighted by molar-refractivity contribution is 0.663. The van der Waals surface area contributed by atoms with E-state index in [2.05, 4.69) is 55.6 Å². The molecule has 0 fully saturated rings.